The van der Waals surface area contributed by atoms with E-state index in [1.54, 1.807) is 12.1 Å². The molecule has 2 aromatic rings. The number of carbonyl (C=O) groups is 1. The second-order valence-electron chi connectivity index (χ2n) is 7.95. The maximum Gasteiger partial charge on any atom is 0.327 e. The van der Waals surface area contributed by atoms with Crippen molar-refractivity contribution in [1.29, 1.82) is 0 Å². The van der Waals surface area contributed by atoms with Crippen LogP contribution in [-0.2, 0) is 33.4 Å². The summed E-state index contributed by atoms with van der Waals surface area (Å²) in [7, 11) is -3.03. The van der Waals surface area contributed by atoms with Gasteiger partial charge in [-0.3, -0.25) is 0 Å². The number of ether oxygens (including phenoxy) is 2. The van der Waals surface area contributed by atoms with Crippen LogP contribution in [0, 0.1) is 0 Å². The minimum atomic E-state index is -3.03. The van der Waals surface area contributed by atoms with Crippen LogP contribution in [0.15, 0.2) is 59.7 Å². The van der Waals surface area contributed by atoms with Gasteiger partial charge in [0.15, 0.2) is 0 Å². The summed E-state index contributed by atoms with van der Waals surface area (Å²) >= 11 is 0. The van der Waals surface area contributed by atoms with E-state index in [1.807, 2.05) is 49.4 Å². The lowest BCUT2D eigenvalue weighted by Crippen LogP contribution is -2.54. The molecule has 0 saturated carbocycles. The van der Waals surface area contributed by atoms with Crippen LogP contribution >= 0.6 is 0 Å². The molecule has 0 saturated heterocycles. The van der Waals surface area contributed by atoms with E-state index in [4.69, 9.17) is 15.0 Å². The number of thiol groups is 1. The van der Waals surface area contributed by atoms with Gasteiger partial charge in [-0.15, -0.1) is 0 Å². The minimum Gasteiger partial charge on any atom is -0.494 e. The molecule has 0 aliphatic carbocycles. The van der Waals surface area contributed by atoms with Gasteiger partial charge in [-0.2, -0.15) is 4.72 Å². The molecule has 0 fully saturated rings. The smallest absolute Gasteiger partial charge is 0.327 e. The average molecular weight is 489 g/mol. The van der Waals surface area contributed by atoms with Crippen molar-refractivity contribution in [2.75, 3.05) is 13.2 Å². The molecule has 0 bridgehead atoms. The van der Waals surface area contributed by atoms with Crippen LogP contribution in [0.3, 0.4) is 0 Å². The SMILES string of the molecule is CCCC[C@@](Cc1ccc(OCCCCN=[N+]=[N-])cc1)(N[SH](=O)=O)C(=O)OCc1ccccc1. The molecule has 0 amide bonds. The predicted octanol–water partition coefficient (Wildman–Crippen LogP) is 4.49. The van der Waals surface area contributed by atoms with Crippen LogP contribution in [0.1, 0.15) is 50.2 Å². The number of unbranched alkanes of at least 4 members (excludes halogenated alkanes) is 2. The van der Waals surface area contributed by atoms with Gasteiger partial charge in [0.05, 0.1) is 6.61 Å². The van der Waals surface area contributed by atoms with E-state index in [0.29, 0.717) is 31.7 Å². The van der Waals surface area contributed by atoms with Crippen molar-refractivity contribution in [2.24, 2.45) is 5.11 Å². The highest BCUT2D eigenvalue weighted by Gasteiger charge is 2.40. The van der Waals surface area contributed by atoms with Crippen LogP contribution in [-0.4, -0.2) is 33.1 Å². The number of azide groups is 1. The molecule has 0 aliphatic heterocycles. The first-order valence-electron chi connectivity index (χ1n) is 11.3. The van der Waals surface area contributed by atoms with E-state index < -0.39 is 22.4 Å². The molecule has 1 atom stereocenters. The van der Waals surface area contributed by atoms with Gasteiger partial charge in [-0.25, -0.2) is 13.2 Å². The predicted molar refractivity (Wildman–Crippen MR) is 131 cm³/mol. The quantitative estimate of drug-likeness (QED) is 0.0898. The molecule has 0 spiro atoms. The van der Waals surface area contributed by atoms with Crippen molar-refractivity contribution in [3.8, 4) is 5.75 Å². The summed E-state index contributed by atoms with van der Waals surface area (Å²) in [5, 5.41) is 3.49. The molecule has 184 valence electrons. The first-order chi connectivity index (χ1) is 16.5. The van der Waals surface area contributed by atoms with Gasteiger partial charge in [0.2, 0.25) is 10.9 Å². The van der Waals surface area contributed by atoms with Crippen molar-refractivity contribution >= 4 is 16.9 Å². The molecular formula is C24H32N4O5S. The molecule has 34 heavy (non-hydrogen) atoms. The number of nitrogens with one attached hydrogen (secondary N) is 1. The topological polar surface area (TPSA) is 130 Å². The number of benzene rings is 2. The van der Waals surface area contributed by atoms with Gasteiger partial charge in [0.25, 0.3) is 0 Å². The minimum absolute atomic E-state index is 0.0668. The first-order valence-corrected chi connectivity index (χ1v) is 12.5. The van der Waals surface area contributed by atoms with E-state index in [-0.39, 0.29) is 13.0 Å². The molecule has 1 N–H and O–H groups in total. The van der Waals surface area contributed by atoms with Crippen molar-refractivity contribution in [1.82, 2.24) is 4.72 Å². The summed E-state index contributed by atoms with van der Waals surface area (Å²) in [4.78, 5) is 15.9. The van der Waals surface area contributed by atoms with E-state index >= 15 is 0 Å². The fourth-order valence-corrected chi connectivity index (χ4v) is 4.12. The van der Waals surface area contributed by atoms with Gasteiger partial charge in [0, 0.05) is 17.9 Å². The average Bonchev–Trinajstić information content (AvgIpc) is 2.84. The highest BCUT2D eigenvalue weighted by molar-refractivity contribution is 7.70. The van der Waals surface area contributed by atoms with Crippen LogP contribution in [0.4, 0.5) is 0 Å². The van der Waals surface area contributed by atoms with Gasteiger partial charge in [-0.1, -0.05) is 67.3 Å². The maximum atomic E-state index is 13.2. The highest BCUT2D eigenvalue weighted by Crippen LogP contribution is 2.25. The van der Waals surface area contributed by atoms with Crippen LogP contribution in [0.5, 0.6) is 5.75 Å². The van der Waals surface area contributed by atoms with Gasteiger partial charge in [-0.05, 0) is 48.1 Å². The lowest BCUT2D eigenvalue weighted by atomic mass is 9.86. The summed E-state index contributed by atoms with van der Waals surface area (Å²) in [6.07, 6.45) is 3.45. The number of carbonyl (C=O) groups excluding carboxylic acids is 1. The fraction of sp³-hybridized carbons (Fsp3) is 0.458. The van der Waals surface area contributed by atoms with E-state index in [9.17, 15) is 13.2 Å². The molecule has 0 heterocycles. The summed E-state index contributed by atoms with van der Waals surface area (Å²) in [6.45, 7) is 2.98. The maximum absolute atomic E-state index is 13.2. The molecule has 2 aromatic carbocycles. The molecular weight excluding hydrogens is 456 g/mol. The van der Waals surface area contributed by atoms with Gasteiger partial charge in [0.1, 0.15) is 17.9 Å². The molecule has 2 rings (SSSR count). The number of rotatable bonds is 16. The summed E-state index contributed by atoms with van der Waals surface area (Å²) in [5.74, 6) is 0.0746. The van der Waals surface area contributed by atoms with Crippen molar-refractivity contribution < 1.29 is 22.7 Å². The zero-order valence-corrected chi connectivity index (χ0v) is 20.3. The molecule has 10 heteroatoms. The summed E-state index contributed by atoms with van der Waals surface area (Å²) < 4.78 is 37.1. The lowest BCUT2D eigenvalue weighted by molar-refractivity contribution is -0.152. The molecule has 0 unspecified atom stereocenters. The van der Waals surface area contributed by atoms with Crippen LogP contribution in [0.25, 0.3) is 10.4 Å². The largest absolute Gasteiger partial charge is 0.494 e. The molecule has 0 radical (unpaired) electrons. The Hall–Kier alpha value is -3.07. The fourth-order valence-electron chi connectivity index (χ4n) is 3.49. The first kappa shape index (κ1) is 27.2. The monoisotopic (exact) mass is 488 g/mol. The Bertz CT molecular complexity index is 1000. The van der Waals surface area contributed by atoms with E-state index in [1.165, 1.54) is 0 Å². The number of nitrogens with zero attached hydrogens (tertiary/aromatic N) is 3. The summed E-state index contributed by atoms with van der Waals surface area (Å²) in [6, 6.07) is 16.5. The Morgan fingerprint density at radius 1 is 1.06 bits per heavy atom. The van der Waals surface area contributed by atoms with E-state index in [0.717, 1.165) is 30.4 Å². The zero-order valence-electron chi connectivity index (χ0n) is 19.4. The highest BCUT2D eigenvalue weighted by atomic mass is 32.2. The van der Waals surface area contributed by atoms with E-state index in [2.05, 4.69) is 14.7 Å². The van der Waals surface area contributed by atoms with Crippen LogP contribution in [0.2, 0.25) is 0 Å². The molecule has 9 nitrogen and oxygen atoms in total. The van der Waals surface area contributed by atoms with Gasteiger partial charge >= 0.3 is 5.97 Å². The van der Waals surface area contributed by atoms with Crippen molar-refractivity contribution in [3.63, 3.8) is 0 Å². The summed E-state index contributed by atoms with van der Waals surface area (Å²) in [5.41, 5.74) is 8.51. The second kappa shape index (κ2) is 15.0. The Kier molecular flexibility index (Phi) is 12.0. The Labute approximate surface area is 202 Å². The Balaban J connectivity index is 2.10. The Morgan fingerprint density at radius 2 is 1.79 bits per heavy atom. The van der Waals surface area contributed by atoms with Gasteiger partial charge < -0.3 is 9.47 Å². The third-order valence-electron chi connectivity index (χ3n) is 5.28. The number of hydrogen-bond acceptors (Lipinski definition) is 6. The number of esters is 1. The zero-order chi connectivity index (χ0) is 24.7. The third kappa shape index (κ3) is 9.43. The molecule has 0 aliphatic rings. The van der Waals surface area contributed by atoms with Crippen molar-refractivity contribution in [2.45, 2.75) is 57.6 Å². The molecule has 0 aromatic heterocycles. The second-order valence-corrected chi connectivity index (χ2v) is 8.68. The Morgan fingerprint density at radius 3 is 2.44 bits per heavy atom. The normalized spacial score (nSPS) is 12.5. The number of hydrogen-bond donors (Lipinski definition) is 2. The van der Waals surface area contributed by atoms with Crippen molar-refractivity contribution in [3.05, 3.63) is 76.2 Å². The standard InChI is InChI=1S/C24H32N4O5S/c1-2-3-15-24(27-34(30)31,23(29)33-19-21-9-5-4-6-10-21)18-20-11-13-22(14-12-20)32-17-8-7-16-26-28-25/h4-6,9-14,34H,2-3,7-8,15-19H2,1H3,(H,27,30,31)/t24-/m0/s1. The van der Waals surface area contributed by atoms with Crippen LogP contribution < -0.4 is 9.46 Å². The lowest BCUT2D eigenvalue weighted by Gasteiger charge is -2.30. The third-order valence-corrected chi connectivity index (χ3v) is 5.89.